The third-order valence-electron chi connectivity index (χ3n) is 2.56. The zero-order valence-corrected chi connectivity index (χ0v) is 12.6. The molecule has 0 aromatic heterocycles. The highest BCUT2D eigenvalue weighted by Crippen LogP contribution is 2.15. The largest absolute Gasteiger partial charge is 0.392 e. The van der Waals surface area contributed by atoms with E-state index < -0.39 is 6.10 Å². The monoisotopic (exact) mass is 332 g/mol. The van der Waals surface area contributed by atoms with Crippen molar-refractivity contribution in [3.63, 3.8) is 0 Å². The van der Waals surface area contributed by atoms with E-state index in [4.69, 9.17) is 5.11 Å². The number of nitrogens with one attached hydrogen (secondary N) is 1. The highest BCUT2D eigenvalue weighted by atomic mass is 79.9. The van der Waals surface area contributed by atoms with Crippen LogP contribution in [0.25, 0.3) is 0 Å². The summed E-state index contributed by atoms with van der Waals surface area (Å²) >= 11 is 3.28. The minimum Gasteiger partial charge on any atom is -0.392 e. The summed E-state index contributed by atoms with van der Waals surface area (Å²) in [6.45, 7) is 2.22. The van der Waals surface area contributed by atoms with E-state index in [2.05, 4.69) is 21.2 Å². The number of aliphatic hydroxyl groups excluding tert-OH is 1. The van der Waals surface area contributed by atoms with Crippen LogP contribution in [0.5, 0.6) is 0 Å². The molecule has 0 saturated heterocycles. The second-order valence-corrected chi connectivity index (χ2v) is 5.36. The Kier molecular flexibility index (Phi) is 6.24. The predicted molar refractivity (Wildman–Crippen MR) is 75.5 cm³/mol. The van der Waals surface area contributed by atoms with E-state index in [0.717, 1.165) is 4.47 Å². The van der Waals surface area contributed by atoms with E-state index in [1.54, 1.807) is 26.1 Å². The maximum atomic E-state index is 13.4. The summed E-state index contributed by atoms with van der Waals surface area (Å²) < 4.78 is 14.3. The molecule has 1 aromatic carbocycles. The number of rotatable bonds is 5. The fourth-order valence-electron chi connectivity index (χ4n) is 1.65. The van der Waals surface area contributed by atoms with Gasteiger partial charge in [-0.2, -0.15) is 0 Å². The SMILES string of the molecule is CC(O)CN(C)C(=O)NCCc1cc(Br)ccc1F. The summed E-state index contributed by atoms with van der Waals surface area (Å²) in [5.41, 5.74) is 0.549. The quantitative estimate of drug-likeness (QED) is 0.868. The van der Waals surface area contributed by atoms with E-state index in [-0.39, 0.29) is 18.4 Å². The third-order valence-corrected chi connectivity index (χ3v) is 3.06. The lowest BCUT2D eigenvalue weighted by molar-refractivity contribution is 0.144. The molecule has 0 bridgehead atoms. The molecule has 0 spiro atoms. The standard InChI is InChI=1S/C13H18BrFN2O2/c1-9(18)8-17(2)13(19)16-6-5-10-7-11(14)3-4-12(10)15/h3-4,7,9,18H,5-6,8H2,1-2H3,(H,16,19). The molecule has 1 aromatic rings. The van der Waals surface area contributed by atoms with Gasteiger partial charge in [0.2, 0.25) is 0 Å². The van der Waals surface area contributed by atoms with Crippen LogP contribution in [0.2, 0.25) is 0 Å². The van der Waals surface area contributed by atoms with Gasteiger partial charge in [0.05, 0.1) is 6.10 Å². The van der Waals surface area contributed by atoms with Crippen LogP contribution in [-0.4, -0.2) is 42.3 Å². The molecule has 19 heavy (non-hydrogen) atoms. The molecule has 2 N–H and O–H groups in total. The molecule has 0 saturated carbocycles. The van der Waals surface area contributed by atoms with Gasteiger partial charge in [0.15, 0.2) is 0 Å². The van der Waals surface area contributed by atoms with Crippen molar-refractivity contribution in [1.82, 2.24) is 10.2 Å². The van der Waals surface area contributed by atoms with Gasteiger partial charge in [-0.05, 0) is 37.1 Å². The van der Waals surface area contributed by atoms with Gasteiger partial charge in [-0.1, -0.05) is 15.9 Å². The molecule has 0 aliphatic carbocycles. The second-order valence-electron chi connectivity index (χ2n) is 4.45. The van der Waals surface area contributed by atoms with Crippen molar-refractivity contribution >= 4 is 22.0 Å². The zero-order chi connectivity index (χ0) is 14.4. The molecule has 2 amide bonds. The molecule has 0 radical (unpaired) electrons. The van der Waals surface area contributed by atoms with Crippen LogP contribution in [0, 0.1) is 5.82 Å². The number of benzene rings is 1. The first-order valence-electron chi connectivity index (χ1n) is 6.01. The van der Waals surface area contributed by atoms with Crippen LogP contribution >= 0.6 is 15.9 Å². The number of nitrogens with zero attached hydrogens (tertiary/aromatic N) is 1. The molecule has 0 aliphatic heterocycles. The zero-order valence-electron chi connectivity index (χ0n) is 11.0. The van der Waals surface area contributed by atoms with Crippen LogP contribution in [0.3, 0.4) is 0 Å². The number of urea groups is 1. The van der Waals surface area contributed by atoms with E-state index in [1.807, 2.05) is 0 Å². The molecular formula is C13H18BrFN2O2. The minimum atomic E-state index is -0.571. The fraction of sp³-hybridized carbons (Fsp3) is 0.462. The Morgan fingerprint density at radius 2 is 2.26 bits per heavy atom. The Hall–Kier alpha value is -1.14. The lowest BCUT2D eigenvalue weighted by Crippen LogP contribution is -2.41. The van der Waals surface area contributed by atoms with E-state index in [0.29, 0.717) is 18.5 Å². The summed E-state index contributed by atoms with van der Waals surface area (Å²) in [6, 6.07) is 4.44. The summed E-state index contributed by atoms with van der Waals surface area (Å²) in [5.74, 6) is -0.283. The number of carbonyl (C=O) groups excluding carboxylic acids is 1. The second kappa shape index (κ2) is 7.45. The molecule has 1 rings (SSSR count). The van der Waals surface area contributed by atoms with Gasteiger partial charge in [0.25, 0.3) is 0 Å². The predicted octanol–water partition coefficient (Wildman–Crippen LogP) is 2.15. The summed E-state index contributed by atoms with van der Waals surface area (Å²) in [7, 11) is 1.60. The molecule has 106 valence electrons. The van der Waals surface area contributed by atoms with Crippen LogP contribution in [0.15, 0.2) is 22.7 Å². The maximum absolute atomic E-state index is 13.4. The molecule has 1 unspecified atom stereocenters. The Labute approximate surface area is 120 Å². The third kappa shape index (κ3) is 5.57. The van der Waals surface area contributed by atoms with Gasteiger partial charge in [0.1, 0.15) is 5.82 Å². The molecule has 0 aliphatic rings. The summed E-state index contributed by atoms with van der Waals surface area (Å²) in [6.07, 6.45) is -0.155. The van der Waals surface area contributed by atoms with Crippen molar-refractivity contribution in [2.45, 2.75) is 19.4 Å². The van der Waals surface area contributed by atoms with Crippen LogP contribution < -0.4 is 5.32 Å². The van der Waals surface area contributed by atoms with Gasteiger partial charge < -0.3 is 15.3 Å². The lowest BCUT2D eigenvalue weighted by Gasteiger charge is -2.19. The maximum Gasteiger partial charge on any atom is 0.317 e. The van der Waals surface area contributed by atoms with E-state index in [1.165, 1.54) is 11.0 Å². The first-order chi connectivity index (χ1) is 8.90. The van der Waals surface area contributed by atoms with Gasteiger partial charge in [-0.15, -0.1) is 0 Å². The number of halogens is 2. The first-order valence-corrected chi connectivity index (χ1v) is 6.80. The average molecular weight is 333 g/mol. The number of carbonyl (C=O) groups is 1. The van der Waals surface area contributed by atoms with Crippen molar-refractivity contribution in [2.24, 2.45) is 0 Å². The Balaban J connectivity index is 2.41. The molecule has 0 fully saturated rings. The normalized spacial score (nSPS) is 12.1. The highest BCUT2D eigenvalue weighted by Gasteiger charge is 2.10. The molecule has 6 heteroatoms. The fourth-order valence-corrected chi connectivity index (χ4v) is 2.06. The van der Waals surface area contributed by atoms with Crippen LogP contribution in [0.1, 0.15) is 12.5 Å². The topological polar surface area (TPSA) is 52.6 Å². The van der Waals surface area contributed by atoms with Crippen molar-refractivity contribution in [1.29, 1.82) is 0 Å². The Morgan fingerprint density at radius 3 is 2.89 bits per heavy atom. The molecule has 1 atom stereocenters. The average Bonchev–Trinajstić information content (AvgIpc) is 2.32. The van der Waals surface area contributed by atoms with Gasteiger partial charge in [-0.3, -0.25) is 0 Å². The molecule has 0 heterocycles. The number of amides is 2. The van der Waals surface area contributed by atoms with Gasteiger partial charge in [0, 0.05) is 24.6 Å². The Bertz CT molecular complexity index is 441. The van der Waals surface area contributed by atoms with Crippen molar-refractivity contribution in [3.8, 4) is 0 Å². The van der Waals surface area contributed by atoms with Gasteiger partial charge in [-0.25, -0.2) is 9.18 Å². The van der Waals surface area contributed by atoms with Crippen molar-refractivity contribution in [2.75, 3.05) is 20.1 Å². The molecular weight excluding hydrogens is 315 g/mol. The number of hydrogen-bond acceptors (Lipinski definition) is 2. The minimum absolute atomic E-state index is 0.261. The van der Waals surface area contributed by atoms with E-state index in [9.17, 15) is 9.18 Å². The number of likely N-dealkylation sites (N-methyl/N-ethyl adjacent to an activating group) is 1. The van der Waals surface area contributed by atoms with Crippen LogP contribution in [0.4, 0.5) is 9.18 Å². The van der Waals surface area contributed by atoms with Crippen molar-refractivity contribution in [3.05, 3.63) is 34.1 Å². The number of aliphatic hydroxyl groups is 1. The van der Waals surface area contributed by atoms with Crippen LogP contribution in [-0.2, 0) is 6.42 Å². The summed E-state index contributed by atoms with van der Waals surface area (Å²) in [4.78, 5) is 13.0. The smallest absolute Gasteiger partial charge is 0.317 e. The molecule has 4 nitrogen and oxygen atoms in total. The van der Waals surface area contributed by atoms with Gasteiger partial charge >= 0.3 is 6.03 Å². The highest BCUT2D eigenvalue weighted by molar-refractivity contribution is 9.10. The van der Waals surface area contributed by atoms with Crippen molar-refractivity contribution < 1.29 is 14.3 Å². The first kappa shape index (κ1) is 15.9. The summed E-state index contributed by atoms with van der Waals surface area (Å²) in [5, 5.41) is 11.8. The lowest BCUT2D eigenvalue weighted by atomic mass is 10.1. The Morgan fingerprint density at radius 1 is 1.58 bits per heavy atom. The number of hydrogen-bond donors (Lipinski definition) is 2. The van der Waals surface area contributed by atoms with E-state index >= 15 is 0 Å².